The minimum atomic E-state index is -0.781. The van der Waals surface area contributed by atoms with Gasteiger partial charge in [0.2, 0.25) is 0 Å². The van der Waals surface area contributed by atoms with Crippen LogP contribution in [0.2, 0.25) is 0 Å². The summed E-state index contributed by atoms with van der Waals surface area (Å²) >= 11 is 0. The van der Waals surface area contributed by atoms with Crippen LogP contribution in [0.3, 0.4) is 0 Å². The van der Waals surface area contributed by atoms with Crippen LogP contribution in [0.4, 0.5) is 0 Å². The Labute approximate surface area is 93.5 Å². The fraction of sp³-hybridized carbons (Fsp3) is 0.917. The summed E-state index contributed by atoms with van der Waals surface area (Å²) in [7, 11) is 1.89. The molecule has 0 aromatic rings. The predicted molar refractivity (Wildman–Crippen MR) is 63.0 cm³/mol. The van der Waals surface area contributed by atoms with E-state index in [1.807, 2.05) is 11.9 Å². The van der Waals surface area contributed by atoms with E-state index in [2.05, 4.69) is 20.8 Å². The molecule has 1 atom stereocenters. The summed E-state index contributed by atoms with van der Waals surface area (Å²) in [5.74, 6) is -0.0878. The quantitative estimate of drug-likeness (QED) is 0.740. The largest absolute Gasteiger partial charge is 0.480 e. The Balaban J connectivity index is 4.30. The Morgan fingerprint density at radius 1 is 1.27 bits per heavy atom. The van der Waals surface area contributed by atoms with Crippen LogP contribution in [0.15, 0.2) is 0 Å². The second-order valence-electron chi connectivity index (χ2n) is 5.30. The molecule has 0 aliphatic carbocycles. The molecule has 0 radical (unpaired) electrons. The number of carboxylic acid groups (broad SMARTS) is 1. The van der Waals surface area contributed by atoms with Crippen molar-refractivity contribution < 1.29 is 9.90 Å². The normalized spacial score (nSPS) is 14.7. The minimum absolute atomic E-state index is 0.304. The number of aliphatic carboxylic acids is 1. The van der Waals surface area contributed by atoms with Gasteiger partial charge < -0.3 is 5.11 Å². The van der Waals surface area contributed by atoms with Gasteiger partial charge in [0.15, 0.2) is 0 Å². The van der Waals surface area contributed by atoms with Crippen LogP contribution in [-0.4, -0.2) is 34.6 Å². The smallest absolute Gasteiger partial charge is 0.323 e. The first-order valence-corrected chi connectivity index (χ1v) is 5.66. The highest BCUT2D eigenvalue weighted by molar-refractivity contribution is 5.77. The molecule has 3 heteroatoms. The highest BCUT2D eigenvalue weighted by atomic mass is 16.4. The molecule has 0 saturated carbocycles. The molecule has 0 rings (SSSR count). The van der Waals surface area contributed by atoms with Crippen molar-refractivity contribution >= 4 is 5.97 Å². The summed E-state index contributed by atoms with van der Waals surface area (Å²) in [5.41, 5.74) is -0.781. The monoisotopic (exact) mass is 215 g/mol. The number of carbonyl (C=O) groups is 1. The number of nitrogens with zero attached hydrogens (tertiary/aromatic N) is 1. The van der Waals surface area contributed by atoms with Gasteiger partial charge in [-0.2, -0.15) is 0 Å². The van der Waals surface area contributed by atoms with Crippen molar-refractivity contribution in [3.63, 3.8) is 0 Å². The summed E-state index contributed by atoms with van der Waals surface area (Å²) in [5, 5.41) is 9.10. The zero-order chi connectivity index (χ0) is 12.2. The van der Waals surface area contributed by atoms with Crippen LogP contribution in [0, 0.1) is 5.92 Å². The van der Waals surface area contributed by atoms with E-state index >= 15 is 0 Å². The Morgan fingerprint density at radius 3 is 2.07 bits per heavy atom. The highest BCUT2D eigenvalue weighted by Crippen LogP contribution is 2.19. The van der Waals surface area contributed by atoms with Gasteiger partial charge in [-0.3, -0.25) is 9.69 Å². The first kappa shape index (κ1) is 14.4. The van der Waals surface area contributed by atoms with Crippen molar-refractivity contribution in [2.75, 3.05) is 7.05 Å². The van der Waals surface area contributed by atoms with Crippen molar-refractivity contribution in [1.29, 1.82) is 0 Å². The lowest BCUT2D eigenvalue weighted by atomic mass is 9.97. The zero-order valence-corrected chi connectivity index (χ0v) is 10.9. The molecule has 0 saturated heterocycles. The fourth-order valence-corrected chi connectivity index (χ4v) is 1.47. The van der Waals surface area contributed by atoms with Gasteiger partial charge in [0.05, 0.1) is 0 Å². The third-order valence-corrected chi connectivity index (χ3v) is 3.23. The van der Waals surface area contributed by atoms with Gasteiger partial charge in [-0.25, -0.2) is 0 Å². The number of hydrogen-bond acceptors (Lipinski definition) is 2. The molecule has 0 fully saturated rings. The van der Waals surface area contributed by atoms with Gasteiger partial charge in [-0.15, -0.1) is 0 Å². The Hall–Kier alpha value is -0.570. The molecule has 0 spiro atoms. The predicted octanol–water partition coefficient (Wildman–Crippen LogP) is 2.61. The van der Waals surface area contributed by atoms with Crippen molar-refractivity contribution in [3.8, 4) is 0 Å². The van der Waals surface area contributed by atoms with Crippen molar-refractivity contribution in [1.82, 2.24) is 4.90 Å². The van der Waals surface area contributed by atoms with E-state index in [1.165, 1.54) is 0 Å². The summed E-state index contributed by atoms with van der Waals surface area (Å²) in [6, 6.07) is 0.304. The van der Waals surface area contributed by atoms with Crippen molar-refractivity contribution in [3.05, 3.63) is 0 Å². The maximum Gasteiger partial charge on any atom is 0.323 e. The van der Waals surface area contributed by atoms with E-state index in [1.54, 1.807) is 13.8 Å². The van der Waals surface area contributed by atoms with Gasteiger partial charge in [0.25, 0.3) is 0 Å². The number of rotatable bonds is 6. The first-order chi connectivity index (χ1) is 6.69. The van der Waals surface area contributed by atoms with Gasteiger partial charge >= 0.3 is 5.97 Å². The van der Waals surface area contributed by atoms with E-state index in [9.17, 15) is 4.79 Å². The molecule has 1 unspecified atom stereocenters. The molecular formula is C12H25NO2. The van der Waals surface area contributed by atoms with E-state index in [0.29, 0.717) is 12.0 Å². The SMILES string of the molecule is CC(C)CCC(C)N(C)C(C)(C)C(=O)O. The third-order valence-electron chi connectivity index (χ3n) is 3.23. The van der Waals surface area contributed by atoms with Crippen LogP contribution in [-0.2, 0) is 4.79 Å². The van der Waals surface area contributed by atoms with E-state index in [0.717, 1.165) is 12.8 Å². The number of carboxylic acids is 1. The lowest BCUT2D eigenvalue weighted by Gasteiger charge is -2.36. The molecule has 0 heterocycles. The van der Waals surface area contributed by atoms with Crippen LogP contribution in [0.1, 0.15) is 47.5 Å². The zero-order valence-electron chi connectivity index (χ0n) is 10.9. The summed E-state index contributed by atoms with van der Waals surface area (Å²) < 4.78 is 0. The second kappa shape index (κ2) is 5.50. The van der Waals surface area contributed by atoms with Gasteiger partial charge in [-0.1, -0.05) is 13.8 Å². The van der Waals surface area contributed by atoms with Crippen molar-refractivity contribution in [2.24, 2.45) is 5.92 Å². The maximum atomic E-state index is 11.1. The topological polar surface area (TPSA) is 40.5 Å². The molecule has 0 aliphatic heterocycles. The Bertz CT molecular complexity index is 212. The van der Waals surface area contributed by atoms with Gasteiger partial charge in [-0.05, 0) is 46.6 Å². The highest BCUT2D eigenvalue weighted by Gasteiger charge is 2.34. The van der Waals surface area contributed by atoms with E-state index in [-0.39, 0.29) is 0 Å². The van der Waals surface area contributed by atoms with E-state index < -0.39 is 11.5 Å². The maximum absolute atomic E-state index is 11.1. The molecule has 3 nitrogen and oxygen atoms in total. The molecule has 1 N–H and O–H groups in total. The molecule has 0 amide bonds. The van der Waals surface area contributed by atoms with Gasteiger partial charge in [0.1, 0.15) is 5.54 Å². The summed E-state index contributed by atoms with van der Waals surface area (Å²) in [4.78, 5) is 13.0. The minimum Gasteiger partial charge on any atom is -0.480 e. The lowest BCUT2D eigenvalue weighted by Crippen LogP contribution is -2.51. The first-order valence-electron chi connectivity index (χ1n) is 5.66. The second-order valence-corrected chi connectivity index (χ2v) is 5.30. The molecular weight excluding hydrogens is 190 g/mol. The summed E-state index contributed by atoms with van der Waals surface area (Å²) in [6.45, 7) is 9.97. The average molecular weight is 215 g/mol. The molecule has 15 heavy (non-hydrogen) atoms. The summed E-state index contributed by atoms with van der Waals surface area (Å²) in [6.07, 6.45) is 2.19. The molecule has 90 valence electrons. The molecule has 0 aliphatic rings. The van der Waals surface area contributed by atoms with Crippen LogP contribution < -0.4 is 0 Å². The van der Waals surface area contributed by atoms with Crippen molar-refractivity contribution in [2.45, 2.75) is 59.0 Å². The molecule has 0 aromatic carbocycles. The Morgan fingerprint density at radius 2 is 1.73 bits per heavy atom. The van der Waals surface area contributed by atoms with Crippen LogP contribution >= 0.6 is 0 Å². The lowest BCUT2D eigenvalue weighted by molar-refractivity contribution is -0.149. The molecule has 0 aromatic heterocycles. The number of hydrogen-bond donors (Lipinski definition) is 1. The molecule has 0 bridgehead atoms. The Kier molecular flexibility index (Phi) is 5.29. The third kappa shape index (κ3) is 4.20. The van der Waals surface area contributed by atoms with Gasteiger partial charge in [0, 0.05) is 6.04 Å². The average Bonchev–Trinajstić information content (AvgIpc) is 2.12. The van der Waals surface area contributed by atoms with Crippen LogP contribution in [0.25, 0.3) is 0 Å². The standard InChI is InChI=1S/C12H25NO2/c1-9(2)7-8-10(3)13(6)12(4,5)11(14)15/h9-10H,7-8H2,1-6H3,(H,14,15). The van der Waals surface area contributed by atoms with Crippen LogP contribution in [0.5, 0.6) is 0 Å². The van der Waals surface area contributed by atoms with E-state index in [4.69, 9.17) is 5.11 Å². The fourth-order valence-electron chi connectivity index (χ4n) is 1.47. The number of likely N-dealkylation sites (N-methyl/N-ethyl adjacent to an activating group) is 1.